The predicted molar refractivity (Wildman–Crippen MR) is 116 cm³/mol. The Morgan fingerprint density at radius 2 is 1.50 bits per heavy atom. The Labute approximate surface area is 167 Å². The van der Waals surface area contributed by atoms with Crippen LogP contribution in [0.4, 0.5) is 11.4 Å². The second kappa shape index (κ2) is 9.78. The predicted octanol–water partition coefficient (Wildman–Crippen LogP) is 4.64. The van der Waals surface area contributed by atoms with Gasteiger partial charge in [0.05, 0.1) is 24.7 Å². The van der Waals surface area contributed by atoms with Crippen molar-refractivity contribution in [3.8, 4) is 5.75 Å². The largest absolute Gasteiger partial charge is 0.497 e. The van der Waals surface area contributed by atoms with Crippen LogP contribution >= 0.6 is 0 Å². The third-order valence-electron chi connectivity index (χ3n) is 4.57. The van der Waals surface area contributed by atoms with Crippen LogP contribution in [0.3, 0.4) is 0 Å². The number of nitrogens with one attached hydrogen (secondary N) is 1. The summed E-state index contributed by atoms with van der Waals surface area (Å²) in [7, 11) is 1.67. The topological polar surface area (TPSA) is 53.8 Å². The molecule has 0 aliphatic carbocycles. The van der Waals surface area contributed by atoms with E-state index in [0.717, 1.165) is 23.5 Å². The molecule has 0 radical (unpaired) electrons. The molecule has 0 aliphatic heterocycles. The maximum Gasteiger partial charge on any atom is 0.119 e. The van der Waals surface area contributed by atoms with E-state index < -0.39 is 0 Å². The summed E-state index contributed by atoms with van der Waals surface area (Å²) < 4.78 is 5.27. The van der Waals surface area contributed by atoms with E-state index in [2.05, 4.69) is 53.8 Å². The molecule has 0 saturated heterocycles. The zero-order valence-corrected chi connectivity index (χ0v) is 16.5. The molecule has 0 aromatic heterocycles. The molecule has 3 aromatic rings. The fourth-order valence-electron chi connectivity index (χ4n) is 2.95. The van der Waals surface area contributed by atoms with Crippen molar-refractivity contribution in [3.63, 3.8) is 0 Å². The highest BCUT2D eigenvalue weighted by molar-refractivity contribution is 5.55. The van der Waals surface area contributed by atoms with Gasteiger partial charge in [-0.2, -0.15) is 5.01 Å². The third-order valence-corrected chi connectivity index (χ3v) is 4.57. The van der Waals surface area contributed by atoms with Gasteiger partial charge in [0.1, 0.15) is 5.75 Å². The molecule has 0 amide bonds. The van der Waals surface area contributed by atoms with Crippen LogP contribution in [-0.4, -0.2) is 18.3 Å². The monoisotopic (exact) mass is 376 g/mol. The lowest BCUT2D eigenvalue weighted by Crippen LogP contribution is -2.54. The van der Waals surface area contributed by atoms with Gasteiger partial charge in [-0.3, -0.25) is 5.43 Å². The minimum absolute atomic E-state index is 0.147. The number of para-hydroxylation sites is 1. The Balaban J connectivity index is 1.93. The summed E-state index contributed by atoms with van der Waals surface area (Å²) in [5.74, 6) is 0.822. The van der Waals surface area contributed by atoms with Crippen LogP contribution in [-0.2, 0) is 6.54 Å². The minimum Gasteiger partial charge on any atom is -0.497 e. The molecule has 5 nitrogen and oxygen atoms in total. The van der Waals surface area contributed by atoms with Crippen molar-refractivity contribution in [2.75, 3.05) is 17.7 Å². The summed E-state index contributed by atoms with van der Waals surface area (Å²) in [5.41, 5.74) is 13.2. The molecule has 0 bridgehead atoms. The van der Waals surface area contributed by atoms with Gasteiger partial charge in [0.15, 0.2) is 0 Å². The van der Waals surface area contributed by atoms with Gasteiger partial charge in [0, 0.05) is 6.54 Å². The summed E-state index contributed by atoms with van der Waals surface area (Å²) in [4.78, 5) is 0. The first-order chi connectivity index (χ1) is 13.7. The van der Waals surface area contributed by atoms with Crippen molar-refractivity contribution >= 4 is 11.4 Å². The summed E-state index contributed by atoms with van der Waals surface area (Å²) in [6, 6.07) is 28.4. The number of hydrogen-bond donors (Lipinski definition) is 2. The van der Waals surface area contributed by atoms with E-state index in [-0.39, 0.29) is 6.17 Å². The average Bonchev–Trinajstić information content (AvgIpc) is 2.77. The highest BCUT2D eigenvalue weighted by atomic mass is 16.5. The molecule has 0 saturated carbocycles. The zero-order valence-electron chi connectivity index (χ0n) is 16.5. The zero-order chi connectivity index (χ0) is 19.8. The molecule has 0 fully saturated rings. The maximum absolute atomic E-state index is 6.53. The number of anilines is 2. The molecule has 3 aromatic carbocycles. The second-order valence-electron chi connectivity index (χ2n) is 6.55. The van der Waals surface area contributed by atoms with Crippen LogP contribution in [0.15, 0.2) is 84.9 Å². The number of ether oxygens (including phenoxy) is 1. The van der Waals surface area contributed by atoms with Crippen molar-refractivity contribution in [1.82, 2.24) is 5.01 Å². The van der Waals surface area contributed by atoms with Crippen molar-refractivity contribution in [3.05, 3.63) is 90.5 Å². The number of hydrazine groups is 2. The highest BCUT2D eigenvalue weighted by Gasteiger charge is 2.22. The number of methoxy groups -OCH3 is 1. The SMILES string of the molecule is CCC(N)N(Cc1ccccc1)N(Nc1ccc(OC)cc1)c1ccccc1. The minimum atomic E-state index is -0.147. The Morgan fingerprint density at radius 3 is 2.07 bits per heavy atom. The molecule has 1 atom stereocenters. The van der Waals surface area contributed by atoms with Crippen molar-refractivity contribution in [2.45, 2.75) is 26.1 Å². The van der Waals surface area contributed by atoms with Gasteiger partial charge in [0.2, 0.25) is 0 Å². The Bertz CT molecular complexity index is 824. The molecule has 0 aliphatic rings. The summed E-state index contributed by atoms with van der Waals surface area (Å²) in [6.45, 7) is 2.78. The molecular weight excluding hydrogens is 348 g/mol. The molecule has 5 heteroatoms. The lowest BCUT2D eigenvalue weighted by atomic mass is 10.2. The van der Waals surface area contributed by atoms with Crippen LogP contribution in [0.5, 0.6) is 5.75 Å². The average molecular weight is 377 g/mol. The van der Waals surface area contributed by atoms with Crippen LogP contribution in [0.25, 0.3) is 0 Å². The first-order valence-corrected chi connectivity index (χ1v) is 9.53. The fraction of sp³-hybridized carbons (Fsp3) is 0.217. The summed E-state index contributed by atoms with van der Waals surface area (Å²) in [5, 5.41) is 4.18. The maximum atomic E-state index is 6.53. The Hall–Kier alpha value is -3.02. The van der Waals surface area contributed by atoms with E-state index >= 15 is 0 Å². The first-order valence-electron chi connectivity index (χ1n) is 9.53. The molecule has 0 spiro atoms. The number of nitrogens with two attached hydrogens (primary N) is 1. The number of nitrogens with zero attached hydrogens (tertiary/aromatic N) is 2. The quantitative estimate of drug-likeness (QED) is 0.421. The third kappa shape index (κ3) is 5.03. The van der Waals surface area contributed by atoms with Gasteiger partial charge in [-0.05, 0) is 48.4 Å². The van der Waals surface area contributed by atoms with Gasteiger partial charge in [-0.15, -0.1) is 0 Å². The van der Waals surface area contributed by atoms with E-state index in [1.807, 2.05) is 53.6 Å². The van der Waals surface area contributed by atoms with Crippen molar-refractivity contribution in [2.24, 2.45) is 5.73 Å². The lowest BCUT2D eigenvalue weighted by Gasteiger charge is -2.40. The molecule has 1 unspecified atom stereocenters. The number of rotatable bonds is 9. The summed E-state index contributed by atoms with van der Waals surface area (Å²) in [6.07, 6.45) is 0.673. The van der Waals surface area contributed by atoms with E-state index in [9.17, 15) is 0 Å². The van der Waals surface area contributed by atoms with E-state index in [4.69, 9.17) is 10.5 Å². The van der Waals surface area contributed by atoms with Gasteiger partial charge in [-0.1, -0.05) is 55.5 Å². The standard InChI is InChI=1S/C23H28N4O/c1-3-23(24)26(18-19-10-6-4-7-11-19)27(21-12-8-5-9-13-21)25-20-14-16-22(28-2)17-15-20/h4-17,23,25H,3,18,24H2,1-2H3. The molecule has 28 heavy (non-hydrogen) atoms. The van der Waals surface area contributed by atoms with Crippen LogP contribution in [0.2, 0.25) is 0 Å². The van der Waals surface area contributed by atoms with E-state index in [0.29, 0.717) is 6.54 Å². The first kappa shape index (κ1) is 19.7. The lowest BCUT2D eigenvalue weighted by molar-refractivity contribution is 0.176. The molecule has 0 heterocycles. The van der Waals surface area contributed by atoms with E-state index in [1.54, 1.807) is 7.11 Å². The van der Waals surface area contributed by atoms with Crippen LogP contribution in [0.1, 0.15) is 18.9 Å². The van der Waals surface area contributed by atoms with Crippen molar-refractivity contribution < 1.29 is 4.74 Å². The molecule has 146 valence electrons. The molecule has 3 rings (SSSR count). The second-order valence-corrected chi connectivity index (χ2v) is 6.55. The highest BCUT2D eigenvalue weighted by Crippen LogP contribution is 2.23. The Morgan fingerprint density at radius 1 is 0.893 bits per heavy atom. The smallest absolute Gasteiger partial charge is 0.119 e. The van der Waals surface area contributed by atoms with Gasteiger partial charge in [0.25, 0.3) is 0 Å². The number of hydrogen-bond acceptors (Lipinski definition) is 5. The molecule has 3 N–H and O–H groups in total. The van der Waals surface area contributed by atoms with Gasteiger partial charge < -0.3 is 10.5 Å². The van der Waals surface area contributed by atoms with E-state index in [1.165, 1.54) is 5.56 Å². The van der Waals surface area contributed by atoms with Gasteiger partial charge >= 0.3 is 0 Å². The molecular formula is C23H28N4O. The van der Waals surface area contributed by atoms with Gasteiger partial charge in [-0.25, -0.2) is 5.12 Å². The summed E-state index contributed by atoms with van der Waals surface area (Å²) >= 11 is 0. The van der Waals surface area contributed by atoms with Crippen molar-refractivity contribution in [1.29, 1.82) is 0 Å². The normalized spacial score (nSPS) is 11.9. The number of benzene rings is 3. The Kier molecular flexibility index (Phi) is 6.89. The fourth-order valence-corrected chi connectivity index (χ4v) is 2.95. The van der Waals surface area contributed by atoms with Crippen LogP contribution < -0.4 is 21.0 Å². The van der Waals surface area contributed by atoms with Crippen LogP contribution in [0, 0.1) is 0 Å².